The topological polar surface area (TPSA) is 65.0 Å². The minimum Gasteiger partial charge on any atom is -0.462 e. The number of hydrogen-bond donors (Lipinski definition) is 1. The van der Waals surface area contributed by atoms with Crippen molar-refractivity contribution < 1.29 is 24.1 Å². The van der Waals surface area contributed by atoms with Gasteiger partial charge in [0.05, 0.1) is 18.6 Å². The second-order valence-corrected chi connectivity index (χ2v) is 8.06. The predicted molar refractivity (Wildman–Crippen MR) is 98.4 cm³/mol. The highest BCUT2D eigenvalue weighted by Gasteiger charge is 2.49. The van der Waals surface area contributed by atoms with Crippen LogP contribution in [0.4, 0.5) is 0 Å². The van der Waals surface area contributed by atoms with Crippen molar-refractivity contribution in [2.75, 3.05) is 13.4 Å². The number of aliphatic hydroxyl groups is 1. The van der Waals surface area contributed by atoms with Crippen LogP contribution in [-0.4, -0.2) is 42.8 Å². The van der Waals surface area contributed by atoms with Crippen LogP contribution in [-0.2, 0) is 19.0 Å². The summed E-state index contributed by atoms with van der Waals surface area (Å²) in [4.78, 5) is 11.6. The van der Waals surface area contributed by atoms with E-state index in [4.69, 9.17) is 14.2 Å². The first kappa shape index (κ1) is 19.8. The summed E-state index contributed by atoms with van der Waals surface area (Å²) in [6, 6.07) is 0. The predicted octanol–water partition coefficient (Wildman–Crippen LogP) is 3.59. The Labute approximate surface area is 157 Å². The van der Waals surface area contributed by atoms with Crippen molar-refractivity contribution in [1.82, 2.24) is 0 Å². The van der Waals surface area contributed by atoms with E-state index in [1.54, 1.807) is 0 Å². The minimum absolute atomic E-state index is 0.00792. The third-order valence-electron chi connectivity index (χ3n) is 6.27. The molecule has 1 N–H and O–H groups in total. The second-order valence-electron chi connectivity index (χ2n) is 8.06. The average Bonchev–Trinajstić information content (AvgIpc) is 3.15. The van der Waals surface area contributed by atoms with Crippen molar-refractivity contribution in [2.24, 2.45) is 17.8 Å². The highest BCUT2D eigenvalue weighted by atomic mass is 16.7. The van der Waals surface area contributed by atoms with Crippen molar-refractivity contribution in [2.45, 2.75) is 83.0 Å². The zero-order chi connectivity index (χ0) is 18.4. The van der Waals surface area contributed by atoms with Crippen molar-refractivity contribution in [3.63, 3.8) is 0 Å². The standard InChI is InChI=1S/C21H34O5/c1-2-24-14-25-19-13-20-18(12-21(23)26-20)17(19)11-10-16(22)9-8-15-6-4-3-5-7-15/h10-11,15-20,22H,2-9,12-14H2,1H3/t16-,17-,18+,19+,20-/m0/s1. The van der Waals surface area contributed by atoms with Crippen LogP contribution in [0.25, 0.3) is 0 Å². The van der Waals surface area contributed by atoms with Gasteiger partial charge in [-0.25, -0.2) is 0 Å². The summed E-state index contributed by atoms with van der Waals surface area (Å²) in [5.74, 6) is 0.942. The van der Waals surface area contributed by atoms with E-state index in [0.29, 0.717) is 13.0 Å². The maximum atomic E-state index is 11.6. The first-order valence-corrected chi connectivity index (χ1v) is 10.4. The Bertz CT molecular complexity index is 471. The molecule has 0 aromatic heterocycles. The fraction of sp³-hybridized carbons (Fsp3) is 0.857. The van der Waals surface area contributed by atoms with E-state index in [-0.39, 0.29) is 36.8 Å². The van der Waals surface area contributed by atoms with Gasteiger partial charge in [-0.15, -0.1) is 0 Å². The quantitative estimate of drug-likeness (QED) is 0.292. The molecule has 5 nitrogen and oxygen atoms in total. The molecule has 5 heteroatoms. The molecule has 1 saturated heterocycles. The molecule has 0 bridgehead atoms. The molecule has 3 aliphatic rings. The summed E-state index contributed by atoms with van der Waals surface area (Å²) < 4.78 is 16.6. The highest BCUT2D eigenvalue weighted by Crippen LogP contribution is 2.43. The number of esters is 1. The Morgan fingerprint density at radius 1 is 1.31 bits per heavy atom. The maximum absolute atomic E-state index is 11.6. The monoisotopic (exact) mass is 366 g/mol. The maximum Gasteiger partial charge on any atom is 0.306 e. The molecule has 2 saturated carbocycles. The zero-order valence-corrected chi connectivity index (χ0v) is 16.0. The number of carbonyl (C=O) groups is 1. The highest BCUT2D eigenvalue weighted by molar-refractivity contribution is 5.72. The Kier molecular flexibility index (Phi) is 7.52. The van der Waals surface area contributed by atoms with Gasteiger partial charge in [0, 0.05) is 24.9 Å². The number of carbonyl (C=O) groups excluding carboxylic acids is 1. The van der Waals surface area contributed by atoms with Gasteiger partial charge in [-0.2, -0.15) is 0 Å². The van der Waals surface area contributed by atoms with E-state index in [1.807, 2.05) is 13.0 Å². The first-order valence-electron chi connectivity index (χ1n) is 10.4. The number of ether oxygens (including phenoxy) is 3. The molecule has 3 fully saturated rings. The van der Waals surface area contributed by atoms with E-state index >= 15 is 0 Å². The number of aliphatic hydroxyl groups excluding tert-OH is 1. The average molecular weight is 366 g/mol. The Balaban J connectivity index is 1.51. The number of fused-ring (bicyclic) bond motifs is 1. The summed E-state index contributed by atoms with van der Waals surface area (Å²) in [5, 5.41) is 10.4. The van der Waals surface area contributed by atoms with Crippen molar-refractivity contribution >= 4 is 5.97 Å². The molecule has 2 aliphatic carbocycles. The third-order valence-corrected chi connectivity index (χ3v) is 6.27. The van der Waals surface area contributed by atoms with Crippen LogP contribution in [0.1, 0.15) is 64.7 Å². The Morgan fingerprint density at radius 3 is 2.88 bits per heavy atom. The van der Waals surface area contributed by atoms with E-state index in [1.165, 1.54) is 32.1 Å². The molecule has 1 aliphatic heterocycles. The van der Waals surface area contributed by atoms with Crippen LogP contribution in [0.3, 0.4) is 0 Å². The Hall–Kier alpha value is -0.910. The molecule has 3 rings (SSSR count). The third kappa shape index (κ3) is 5.30. The molecule has 0 radical (unpaired) electrons. The van der Waals surface area contributed by atoms with Gasteiger partial charge >= 0.3 is 5.97 Å². The van der Waals surface area contributed by atoms with Crippen LogP contribution in [0, 0.1) is 17.8 Å². The van der Waals surface area contributed by atoms with Crippen LogP contribution in [0.2, 0.25) is 0 Å². The van der Waals surface area contributed by atoms with E-state index in [2.05, 4.69) is 6.08 Å². The lowest BCUT2D eigenvalue weighted by Gasteiger charge is -2.22. The van der Waals surface area contributed by atoms with Gasteiger partial charge < -0.3 is 19.3 Å². The molecule has 1 heterocycles. The van der Waals surface area contributed by atoms with Gasteiger partial charge in [-0.05, 0) is 25.7 Å². The largest absolute Gasteiger partial charge is 0.462 e. The lowest BCUT2D eigenvalue weighted by molar-refractivity contribution is -0.143. The Morgan fingerprint density at radius 2 is 2.12 bits per heavy atom. The van der Waals surface area contributed by atoms with Crippen LogP contribution in [0.5, 0.6) is 0 Å². The van der Waals surface area contributed by atoms with Gasteiger partial charge in [0.15, 0.2) is 0 Å². The van der Waals surface area contributed by atoms with Gasteiger partial charge in [-0.1, -0.05) is 44.3 Å². The fourth-order valence-corrected chi connectivity index (χ4v) is 4.80. The van der Waals surface area contributed by atoms with E-state index in [9.17, 15) is 9.90 Å². The zero-order valence-electron chi connectivity index (χ0n) is 16.0. The van der Waals surface area contributed by atoms with Gasteiger partial charge in [0.1, 0.15) is 12.9 Å². The molecular weight excluding hydrogens is 332 g/mol. The normalized spacial score (nSPS) is 33.5. The summed E-state index contributed by atoms with van der Waals surface area (Å²) >= 11 is 0. The molecule has 5 atom stereocenters. The molecule has 0 spiro atoms. The van der Waals surface area contributed by atoms with Crippen molar-refractivity contribution in [3.8, 4) is 0 Å². The number of rotatable bonds is 9. The molecule has 0 aromatic carbocycles. The van der Waals surface area contributed by atoms with Crippen LogP contribution in [0.15, 0.2) is 12.2 Å². The van der Waals surface area contributed by atoms with Gasteiger partial charge in [0.2, 0.25) is 0 Å². The van der Waals surface area contributed by atoms with Crippen molar-refractivity contribution in [1.29, 1.82) is 0 Å². The van der Waals surface area contributed by atoms with Crippen LogP contribution >= 0.6 is 0 Å². The lowest BCUT2D eigenvalue weighted by Crippen LogP contribution is -2.23. The number of hydrogen-bond acceptors (Lipinski definition) is 5. The smallest absolute Gasteiger partial charge is 0.306 e. The SMILES string of the molecule is CCOCO[C@@H]1C[C@@H]2OC(=O)C[C@@H]2[C@@H]1C=C[C@@H](O)CCC1CCCCC1. The summed E-state index contributed by atoms with van der Waals surface area (Å²) in [5.41, 5.74) is 0. The van der Waals surface area contributed by atoms with Crippen LogP contribution < -0.4 is 0 Å². The van der Waals surface area contributed by atoms with Gasteiger partial charge in [0.25, 0.3) is 0 Å². The first-order chi connectivity index (χ1) is 12.7. The summed E-state index contributed by atoms with van der Waals surface area (Å²) in [6.07, 6.45) is 13.3. The van der Waals surface area contributed by atoms with Gasteiger partial charge in [-0.3, -0.25) is 4.79 Å². The minimum atomic E-state index is -0.415. The fourth-order valence-electron chi connectivity index (χ4n) is 4.80. The second kappa shape index (κ2) is 9.86. The summed E-state index contributed by atoms with van der Waals surface area (Å²) in [7, 11) is 0. The van der Waals surface area contributed by atoms with E-state index < -0.39 is 6.10 Å². The summed E-state index contributed by atoms with van der Waals surface area (Å²) in [6.45, 7) is 2.83. The molecule has 0 unspecified atom stereocenters. The van der Waals surface area contributed by atoms with Crippen molar-refractivity contribution in [3.05, 3.63) is 12.2 Å². The molecular formula is C21H34O5. The molecule has 148 valence electrons. The molecule has 0 amide bonds. The molecule has 26 heavy (non-hydrogen) atoms. The lowest BCUT2D eigenvalue weighted by atomic mass is 9.85. The van der Waals surface area contributed by atoms with E-state index in [0.717, 1.165) is 25.2 Å². The molecule has 0 aromatic rings.